The number of hydrazone groups is 1. The van der Waals surface area contributed by atoms with Crippen LogP contribution in [0.2, 0.25) is 10.0 Å². The molecule has 3 rings (SSSR count). The van der Waals surface area contributed by atoms with Crippen molar-refractivity contribution in [2.24, 2.45) is 5.10 Å². The van der Waals surface area contributed by atoms with Gasteiger partial charge in [0.1, 0.15) is 0 Å². The number of carbonyl (C=O) groups is 3. The van der Waals surface area contributed by atoms with Gasteiger partial charge in [-0.25, -0.2) is 10.2 Å². The smallest absolute Gasteiger partial charge is 0.343 e. The minimum atomic E-state index is -1.01. The third kappa shape index (κ3) is 6.80. The third-order valence-electron chi connectivity index (χ3n) is 4.21. The first-order valence-corrected chi connectivity index (χ1v) is 11.1. The van der Waals surface area contributed by atoms with Crippen LogP contribution in [0.5, 0.6) is 11.5 Å². The molecule has 0 saturated heterocycles. The van der Waals surface area contributed by atoms with Gasteiger partial charge >= 0.3 is 17.8 Å². The molecule has 2 amide bonds. The fourth-order valence-electron chi connectivity index (χ4n) is 2.61. The number of hydrogen-bond donors (Lipinski definition) is 2. The minimum absolute atomic E-state index is 0.191. The minimum Gasteiger partial charge on any atom is -0.493 e. The Balaban J connectivity index is 1.62. The van der Waals surface area contributed by atoms with E-state index in [1.54, 1.807) is 42.5 Å². The van der Waals surface area contributed by atoms with E-state index in [0.717, 1.165) is 4.47 Å². The number of methoxy groups -OCH3 is 1. The second-order valence-electron chi connectivity index (χ2n) is 6.59. The number of anilines is 1. The number of nitrogens with one attached hydrogen (secondary N) is 2. The van der Waals surface area contributed by atoms with Crippen molar-refractivity contribution < 1.29 is 23.9 Å². The molecular weight excluding hydrogens is 549 g/mol. The molecule has 3 aromatic carbocycles. The van der Waals surface area contributed by atoms with E-state index in [-0.39, 0.29) is 22.2 Å². The maximum Gasteiger partial charge on any atom is 0.343 e. The molecule has 0 saturated carbocycles. The molecule has 0 atom stereocenters. The van der Waals surface area contributed by atoms with E-state index in [1.807, 2.05) is 0 Å². The Labute approximate surface area is 213 Å². The number of esters is 1. The van der Waals surface area contributed by atoms with E-state index in [0.29, 0.717) is 16.1 Å². The third-order valence-corrected chi connectivity index (χ3v) is 5.27. The quantitative estimate of drug-likeness (QED) is 0.143. The summed E-state index contributed by atoms with van der Waals surface area (Å²) >= 11 is 15.1. The normalized spacial score (nSPS) is 10.6. The average molecular weight is 565 g/mol. The van der Waals surface area contributed by atoms with Gasteiger partial charge in [0.25, 0.3) is 0 Å². The number of halogens is 3. The molecule has 0 aliphatic carbocycles. The molecule has 8 nitrogen and oxygen atoms in total. The average Bonchev–Trinajstić information content (AvgIpc) is 2.82. The molecule has 0 heterocycles. The van der Waals surface area contributed by atoms with E-state index < -0.39 is 17.8 Å². The summed E-state index contributed by atoms with van der Waals surface area (Å²) in [4.78, 5) is 36.4. The Hall–Kier alpha value is -3.40. The summed E-state index contributed by atoms with van der Waals surface area (Å²) in [5, 5.41) is 6.67. The van der Waals surface area contributed by atoms with Crippen LogP contribution >= 0.6 is 39.1 Å². The van der Waals surface area contributed by atoms with Crippen LogP contribution in [-0.2, 0) is 9.59 Å². The van der Waals surface area contributed by atoms with Crippen molar-refractivity contribution in [3.05, 3.63) is 86.3 Å². The Kier molecular flexibility index (Phi) is 8.64. The van der Waals surface area contributed by atoms with E-state index in [9.17, 15) is 14.4 Å². The predicted molar refractivity (Wildman–Crippen MR) is 133 cm³/mol. The molecule has 0 aliphatic rings. The SMILES string of the molecule is COc1cc(C=NNC(=O)C(=O)Nc2cc(Cl)ccc2Cl)ccc1OC(=O)c1cccc(Br)c1. The highest BCUT2D eigenvalue weighted by molar-refractivity contribution is 9.10. The van der Waals surface area contributed by atoms with E-state index >= 15 is 0 Å². The van der Waals surface area contributed by atoms with Gasteiger partial charge in [0, 0.05) is 9.50 Å². The first kappa shape index (κ1) is 25.2. The molecule has 0 spiro atoms. The molecule has 0 aromatic heterocycles. The summed E-state index contributed by atoms with van der Waals surface area (Å²) in [6.07, 6.45) is 1.29. The van der Waals surface area contributed by atoms with E-state index in [4.69, 9.17) is 32.7 Å². The summed E-state index contributed by atoms with van der Waals surface area (Å²) in [6.45, 7) is 0. The van der Waals surface area contributed by atoms with Crippen molar-refractivity contribution in [3.63, 3.8) is 0 Å². The van der Waals surface area contributed by atoms with Crippen LogP contribution in [0.4, 0.5) is 5.69 Å². The van der Waals surface area contributed by atoms with Gasteiger partial charge in [-0.1, -0.05) is 45.2 Å². The van der Waals surface area contributed by atoms with Crippen molar-refractivity contribution in [2.45, 2.75) is 0 Å². The van der Waals surface area contributed by atoms with E-state index in [2.05, 4.69) is 31.8 Å². The Morgan fingerprint density at radius 1 is 0.971 bits per heavy atom. The molecule has 0 fully saturated rings. The van der Waals surface area contributed by atoms with Gasteiger partial charge in [0.15, 0.2) is 11.5 Å². The largest absolute Gasteiger partial charge is 0.493 e. The van der Waals surface area contributed by atoms with Gasteiger partial charge in [-0.15, -0.1) is 0 Å². The predicted octanol–water partition coefficient (Wildman–Crippen LogP) is 5.07. The molecule has 11 heteroatoms. The van der Waals surface area contributed by atoms with Crippen LogP contribution in [-0.4, -0.2) is 31.1 Å². The number of hydrogen-bond acceptors (Lipinski definition) is 6. The van der Waals surface area contributed by atoms with Crippen LogP contribution in [0.25, 0.3) is 0 Å². The fourth-order valence-corrected chi connectivity index (χ4v) is 3.35. The molecule has 34 heavy (non-hydrogen) atoms. The van der Waals surface area contributed by atoms with Gasteiger partial charge in [-0.3, -0.25) is 9.59 Å². The summed E-state index contributed by atoms with van der Waals surface area (Å²) < 4.78 is 11.4. The summed E-state index contributed by atoms with van der Waals surface area (Å²) in [5.74, 6) is -2.08. The maximum atomic E-state index is 12.4. The van der Waals surface area contributed by atoms with Crippen LogP contribution in [0.1, 0.15) is 15.9 Å². The number of ether oxygens (including phenoxy) is 2. The lowest BCUT2D eigenvalue weighted by molar-refractivity contribution is -0.136. The summed E-state index contributed by atoms with van der Waals surface area (Å²) in [7, 11) is 1.42. The molecule has 2 N–H and O–H groups in total. The Morgan fingerprint density at radius 2 is 1.76 bits per heavy atom. The van der Waals surface area contributed by atoms with Gasteiger partial charge in [0.2, 0.25) is 0 Å². The fraction of sp³-hybridized carbons (Fsp3) is 0.0435. The number of nitrogens with zero attached hydrogens (tertiary/aromatic N) is 1. The molecule has 0 unspecified atom stereocenters. The molecule has 0 bridgehead atoms. The molecular formula is C23H16BrCl2N3O5. The molecule has 0 aliphatic heterocycles. The van der Waals surface area contributed by atoms with Gasteiger partial charge in [-0.05, 0) is 60.2 Å². The first-order chi connectivity index (χ1) is 16.3. The van der Waals surface area contributed by atoms with Crippen molar-refractivity contribution in [1.82, 2.24) is 5.43 Å². The van der Waals surface area contributed by atoms with E-state index in [1.165, 1.54) is 31.5 Å². The number of rotatable bonds is 6. The van der Waals surface area contributed by atoms with Crippen molar-refractivity contribution in [1.29, 1.82) is 0 Å². The standard InChI is InChI=1S/C23H16BrCl2N3O5/c1-33-20-9-13(5-8-19(20)34-23(32)14-3-2-4-15(24)10-14)12-27-29-22(31)21(30)28-18-11-16(25)6-7-17(18)26/h2-12H,1H3,(H,28,30)(H,29,31). The number of benzene rings is 3. The highest BCUT2D eigenvalue weighted by Crippen LogP contribution is 2.29. The maximum absolute atomic E-state index is 12.4. The number of carbonyl (C=O) groups excluding carboxylic acids is 3. The highest BCUT2D eigenvalue weighted by atomic mass is 79.9. The highest BCUT2D eigenvalue weighted by Gasteiger charge is 2.15. The first-order valence-electron chi connectivity index (χ1n) is 9.52. The second-order valence-corrected chi connectivity index (χ2v) is 8.35. The molecule has 3 aromatic rings. The Morgan fingerprint density at radius 3 is 2.50 bits per heavy atom. The van der Waals surface area contributed by atoms with Crippen LogP contribution in [0.15, 0.2) is 70.2 Å². The monoisotopic (exact) mass is 563 g/mol. The lowest BCUT2D eigenvalue weighted by atomic mass is 10.2. The zero-order chi connectivity index (χ0) is 24.7. The van der Waals surface area contributed by atoms with Crippen molar-refractivity contribution in [2.75, 3.05) is 12.4 Å². The zero-order valence-electron chi connectivity index (χ0n) is 17.5. The topological polar surface area (TPSA) is 106 Å². The number of amides is 2. The van der Waals surface area contributed by atoms with Gasteiger partial charge < -0.3 is 14.8 Å². The summed E-state index contributed by atoms with van der Waals surface area (Å²) in [6, 6.07) is 15.9. The van der Waals surface area contributed by atoms with Gasteiger partial charge in [-0.2, -0.15) is 5.10 Å². The Bertz CT molecular complexity index is 1280. The van der Waals surface area contributed by atoms with Crippen LogP contribution in [0.3, 0.4) is 0 Å². The zero-order valence-corrected chi connectivity index (χ0v) is 20.6. The van der Waals surface area contributed by atoms with Crippen molar-refractivity contribution >= 4 is 68.8 Å². The second kappa shape index (κ2) is 11.6. The summed E-state index contributed by atoms with van der Waals surface area (Å²) in [5.41, 5.74) is 3.17. The van der Waals surface area contributed by atoms with Gasteiger partial charge in [0.05, 0.1) is 29.6 Å². The van der Waals surface area contributed by atoms with Crippen LogP contribution < -0.4 is 20.2 Å². The molecule has 0 radical (unpaired) electrons. The van der Waals surface area contributed by atoms with Crippen molar-refractivity contribution in [3.8, 4) is 11.5 Å². The lowest BCUT2D eigenvalue weighted by Gasteiger charge is -2.10. The van der Waals surface area contributed by atoms with Crippen LogP contribution in [0, 0.1) is 0 Å². The molecule has 174 valence electrons. The lowest BCUT2D eigenvalue weighted by Crippen LogP contribution is -2.32.